The molecule has 28 heavy (non-hydrogen) atoms. The zero-order chi connectivity index (χ0) is 19.7. The summed E-state index contributed by atoms with van der Waals surface area (Å²) < 4.78 is 0. The molecular formula is C20H36IN5OS. The number of guanidine groups is 1. The van der Waals surface area contributed by atoms with E-state index in [1.54, 1.807) is 30.3 Å². The van der Waals surface area contributed by atoms with Gasteiger partial charge in [0.25, 0.3) is 0 Å². The highest BCUT2D eigenvalue weighted by Crippen LogP contribution is 2.37. The van der Waals surface area contributed by atoms with E-state index in [1.165, 1.54) is 30.6 Å². The Hall–Kier alpha value is -0.870. The van der Waals surface area contributed by atoms with Gasteiger partial charge in [-0.15, -0.1) is 35.3 Å². The van der Waals surface area contributed by atoms with Gasteiger partial charge in [0.2, 0.25) is 5.91 Å². The monoisotopic (exact) mass is 521 g/mol. The Balaban J connectivity index is 0.00000392. The normalized spacial score (nSPS) is 16.0. The summed E-state index contributed by atoms with van der Waals surface area (Å²) in [5.74, 6) is 0.755. The van der Waals surface area contributed by atoms with E-state index < -0.39 is 0 Å². The van der Waals surface area contributed by atoms with Crippen molar-refractivity contribution in [1.82, 2.24) is 20.4 Å². The van der Waals surface area contributed by atoms with Crippen LogP contribution in [0.25, 0.3) is 0 Å². The molecule has 0 atom stereocenters. The van der Waals surface area contributed by atoms with Gasteiger partial charge in [-0.2, -0.15) is 0 Å². The molecule has 1 aromatic rings. The van der Waals surface area contributed by atoms with E-state index in [0.717, 1.165) is 32.0 Å². The molecule has 1 amide bonds. The van der Waals surface area contributed by atoms with Crippen LogP contribution < -0.4 is 10.6 Å². The Labute approximate surface area is 191 Å². The van der Waals surface area contributed by atoms with E-state index in [-0.39, 0.29) is 36.4 Å². The van der Waals surface area contributed by atoms with E-state index in [1.807, 2.05) is 0 Å². The van der Waals surface area contributed by atoms with Crippen molar-refractivity contribution in [1.29, 1.82) is 0 Å². The summed E-state index contributed by atoms with van der Waals surface area (Å²) in [6, 6.07) is 4.23. The van der Waals surface area contributed by atoms with Gasteiger partial charge in [0.15, 0.2) is 5.96 Å². The van der Waals surface area contributed by atoms with Crippen LogP contribution in [0.4, 0.5) is 0 Å². The van der Waals surface area contributed by atoms with Gasteiger partial charge in [0.1, 0.15) is 6.54 Å². The lowest BCUT2D eigenvalue weighted by Gasteiger charge is -2.33. The number of thiophene rings is 1. The molecule has 0 spiro atoms. The topological polar surface area (TPSA) is 60.0 Å². The standard InChI is InChI=1S/C20H35N5OS.HI/c1-24(2)16-20(10-5-6-11-20)15-23-19(22-14-18(26)25(3)4)21-12-9-17-8-7-13-27-17;/h7-8,13H,5-6,9-12,14-16H2,1-4H3,(H2,21,22,23);1H. The van der Waals surface area contributed by atoms with Gasteiger partial charge in [-0.1, -0.05) is 18.9 Å². The van der Waals surface area contributed by atoms with Crippen LogP contribution in [0, 0.1) is 5.41 Å². The fraction of sp³-hybridized carbons (Fsp3) is 0.700. The molecule has 1 saturated carbocycles. The van der Waals surface area contributed by atoms with Gasteiger partial charge >= 0.3 is 0 Å². The number of nitrogens with one attached hydrogen (secondary N) is 2. The SMILES string of the molecule is CN(C)CC1(CNC(=NCC(=O)N(C)C)NCCc2cccs2)CCCC1.I. The molecule has 160 valence electrons. The van der Waals surface area contributed by atoms with Crippen LogP contribution in [-0.2, 0) is 11.2 Å². The molecule has 8 heteroatoms. The fourth-order valence-electron chi connectivity index (χ4n) is 3.68. The van der Waals surface area contributed by atoms with Crippen molar-refractivity contribution in [3.63, 3.8) is 0 Å². The molecule has 0 radical (unpaired) electrons. The smallest absolute Gasteiger partial charge is 0.243 e. The van der Waals surface area contributed by atoms with Crippen LogP contribution in [0.2, 0.25) is 0 Å². The molecule has 1 aliphatic rings. The van der Waals surface area contributed by atoms with E-state index >= 15 is 0 Å². The average Bonchev–Trinajstić information content (AvgIpc) is 3.28. The van der Waals surface area contributed by atoms with Gasteiger partial charge in [-0.25, -0.2) is 4.99 Å². The first-order chi connectivity index (χ1) is 12.9. The Kier molecular flexibility index (Phi) is 11.4. The van der Waals surface area contributed by atoms with Gasteiger partial charge in [-0.05, 0) is 44.8 Å². The average molecular weight is 522 g/mol. The minimum Gasteiger partial charge on any atom is -0.356 e. The number of aliphatic imine (C=N–C) groups is 1. The summed E-state index contributed by atoms with van der Waals surface area (Å²) in [5.41, 5.74) is 0.297. The minimum atomic E-state index is 0. The van der Waals surface area contributed by atoms with Crippen molar-refractivity contribution in [2.45, 2.75) is 32.1 Å². The third-order valence-electron chi connectivity index (χ3n) is 5.06. The largest absolute Gasteiger partial charge is 0.356 e. The lowest BCUT2D eigenvalue weighted by molar-refractivity contribution is -0.127. The number of carbonyl (C=O) groups is 1. The summed E-state index contributed by atoms with van der Waals surface area (Å²) in [6.07, 6.45) is 6.05. The molecule has 1 fully saturated rings. The van der Waals surface area contributed by atoms with Gasteiger partial charge in [0, 0.05) is 44.0 Å². The molecule has 6 nitrogen and oxygen atoms in total. The zero-order valence-electron chi connectivity index (χ0n) is 17.7. The first-order valence-electron chi connectivity index (χ1n) is 9.80. The summed E-state index contributed by atoms with van der Waals surface area (Å²) in [4.78, 5) is 21.7. The van der Waals surface area contributed by atoms with Crippen molar-refractivity contribution in [3.05, 3.63) is 22.4 Å². The van der Waals surface area contributed by atoms with Crippen molar-refractivity contribution in [3.8, 4) is 0 Å². The van der Waals surface area contributed by atoms with Gasteiger partial charge < -0.3 is 20.4 Å². The Bertz CT molecular complexity index is 598. The molecule has 1 heterocycles. The summed E-state index contributed by atoms with van der Waals surface area (Å²) in [6.45, 7) is 2.95. The summed E-state index contributed by atoms with van der Waals surface area (Å²) in [5, 5.41) is 9.04. The van der Waals surface area contributed by atoms with Crippen LogP contribution in [0.3, 0.4) is 0 Å². The van der Waals surface area contributed by atoms with E-state index in [9.17, 15) is 4.79 Å². The number of halogens is 1. The van der Waals surface area contributed by atoms with E-state index in [0.29, 0.717) is 5.41 Å². The Morgan fingerprint density at radius 1 is 1.21 bits per heavy atom. The Morgan fingerprint density at radius 3 is 2.50 bits per heavy atom. The van der Waals surface area contributed by atoms with Crippen molar-refractivity contribution >= 4 is 47.2 Å². The number of nitrogens with zero attached hydrogens (tertiary/aromatic N) is 3. The van der Waals surface area contributed by atoms with Gasteiger partial charge in [-0.3, -0.25) is 4.79 Å². The van der Waals surface area contributed by atoms with Crippen LogP contribution in [0.5, 0.6) is 0 Å². The summed E-state index contributed by atoms with van der Waals surface area (Å²) in [7, 11) is 7.81. The predicted octanol–water partition coefficient (Wildman–Crippen LogP) is 2.65. The van der Waals surface area contributed by atoms with E-state index in [4.69, 9.17) is 0 Å². The molecule has 0 bridgehead atoms. The molecule has 2 rings (SSSR count). The lowest BCUT2D eigenvalue weighted by Crippen LogP contribution is -2.47. The number of carbonyl (C=O) groups excluding carboxylic acids is 1. The molecule has 1 aliphatic carbocycles. The van der Waals surface area contributed by atoms with E-state index in [2.05, 4.69) is 52.1 Å². The molecule has 2 N–H and O–H groups in total. The number of hydrogen-bond acceptors (Lipinski definition) is 4. The number of likely N-dealkylation sites (N-methyl/N-ethyl adjacent to an activating group) is 1. The second-order valence-electron chi connectivity index (χ2n) is 8.01. The maximum Gasteiger partial charge on any atom is 0.243 e. The highest BCUT2D eigenvalue weighted by atomic mass is 127. The second kappa shape index (κ2) is 12.6. The van der Waals surface area contributed by atoms with Gasteiger partial charge in [0.05, 0.1) is 0 Å². The third kappa shape index (κ3) is 8.65. The van der Waals surface area contributed by atoms with Crippen LogP contribution in [-0.4, -0.2) is 76.0 Å². The van der Waals surface area contributed by atoms with Crippen molar-refractivity contribution < 1.29 is 4.79 Å². The van der Waals surface area contributed by atoms with Crippen molar-refractivity contribution in [2.24, 2.45) is 10.4 Å². The summed E-state index contributed by atoms with van der Waals surface area (Å²) >= 11 is 1.77. The molecule has 0 aromatic carbocycles. The number of rotatable bonds is 9. The molecule has 0 saturated heterocycles. The van der Waals surface area contributed by atoms with Crippen molar-refractivity contribution in [2.75, 3.05) is 54.4 Å². The fourth-order valence-corrected chi connectivity index (χ4v) is 4.39. The Morgan fingerprint density at radius 2 is 1.93 bits per heavy atom. The quantitative estimate of drug-likeness (QED) is 0.298. The highest BCUT2D eigenvalue weighted by Gasteiger charge is 2.34. The van der Waals surface area contributed by atoms with Crippen LogP contribution >= 0.6 is 35.3 Å². The molecule has 1 aromatic heterocycles. The third-order valence-corrected chi connectivity index (χ3v) is 6.00. The predicted molar refractivity (Wildman–Crippen MR) is 130 cm³/mol. The van der Waals surface area contributed by atoms with Crippen LogP contribution in [0.1, 0.15) is 30.6 Å². The minimum absolute atomic E-state index is 0. The molecule has 0 aliphatic heterocycles. The number of hydrogen-bond donors (Lipinski definition) is 2. The highest BCUT2D eigenvalue weighted by molar-refractivity contribution is 14.0. The molecular weight excluding hydrogens is 485 g/mol. The first-order valence-corrected chi connectivity index (χ1v) is 10.7. The zero-order valence-corrected chi connectivity index (χ0v) is 20.8. The maximum absolute atomic E-state index is 11.9. The maximum atomic E-state index is 11.9. The number of amides is 1. The first kappa shape index (κ1) is 25.2. The van der Waals surface area contributed by atoms with Crippen LogP contribution in [0.15, 0.2) is 22.5 Å². The second-order valence-corrected chi connectivity index (χ2v) is 9.04. The lowest BCUT2D eigenvalue weighted by atomic mass is 9.85. The molecule has 0 unspecified atom stereocenters.